The molecule has 0 spiro atoms. The Hall–Kier alpha value is -2.09. The summed E-state index contributed by atoms with van der Waals surface area (Å²) in [6.07, 6.45) is 0. The van der Waals surface area contributed by atoms with Crippen molar-refractivity contribution < 1.29 is 23.1 Å². The minimum atomic E-state index is -3.33. The first-order valence-electron chi connectivity index (χ1n) is 8.73. The summed E-state index contributed by atoms with van der Waals surface area (Å²) in [5.41, 5.74) is 0.826. The molecule has 1 N–H and O–H groups in total. The average Bonchev–Trinajstić information content (AvgIpc) is 2.90. The minimum Gasteiger partial charge on any atom is -0.508 e. The Morgan fingerprint density at radius 1 is 1.12 bits per heavy atom. The van der Waals surface area contributed by atoms with Gasteiger partial charge in [0.1, 0.15) is 5.75 Å². The number of phenolic OH excluding ortho intramolecular Hbond substituents is 1. The molecule has 2 atom stereocenters. The van der Waals surface area contributed by atoms with Gasteiger partial charge in [0.05, 0.1) is 23.6 Å². The zero-order valence-corrected chi connectivity index (χ0v) is 16.0. The van der Waals surface area contributed by atoms with Crippen LogP contribution in [0.3, 0.4) is 0 Å². The number of amides is 2. The zero-order chi connectivity index (χ0) is 19.2. The summed E-state index contributed by atoms with van der Waals surface area (Å²) < 4.78 is 24.5. The van der Waals surface area contributed by atoms with Crippen molar-refractivity contribution in [3.05, 3.63) is 29.3 Å². The maximum atomic E-state index is 13.1. The van der Waals surface area contributed by atoms with Crippen molar-refractivity contribution in [2.24, 2.45) is 5.92 Å². The molecule has 7 nitrogen and oxygen atoms in total. The van der Waals surface area contributed by atoms with Gasteiger partial charge < -0.3 is 14.9 Å². The fourth-order valence-corrected chi connectivity index (χ4v) is 5.80. The van der Waals surface area contributed by atoms with Gasteiger partial charge in [-0.15, -0.1) is 0 Å². The number of rotatable bonds is 2. The third-order valence-electron chi connectivity index (χ3n) is 5.25. The second kappa shape index (κ2) is 6.57. The molecular formula is C18H24N2O5S. The SMILES string of the molecule is Cc1c(O)cccc1C(=O)N1CCN(C(=O)C(C)C)[C@@H]2CS(=O)(=O)C[C@@H]21. The molecule has 8 heteroatoms. The van der Waals surface area contributed by atoms with E-state index in [9.17, 15) is 23.1 Å². The van der Waals surface area contributed by atoms with Crippen LogP contribution in [0.5, 0.6) is 5.75 Å². The van der Waals surface area contributed by atoms with Crippen molar-refractivity contribution in [3.63, 3.8) is 0 Å². The lowest BCUT2D eigenvalue weighted by molar-refractivity contribution is -0.139. The number of piperazine rings is 1. The van der Waals surface area contributed by atoms with Gasteiger partial charge in [0.2, 0.25) is 5.91 Å². The second-order valence-electron chi connectivity index (χ2n) is 7.35. The fraction of sp³-hybridized carbons (Fsp3) is 0.556. The molecule has 142 valence electrons. The van der Waals surface area contributed by atoms with E-state index in [0.29, 0.717) is 17.7 Å². The molecule has 0 bridgehead atoms. The number of fused-ring (bicyclic) bond motifs is 1. The highest BCUT2D eigenvalue weighted by atomic mass is 32.2. The third-order valence-corrected chi connectivity index (χ3v) is 6.95. The molecule has 3 rings (SSSR count). The molecular weight excluding hydrogens is 356 g/mol. The molecule has 2 aliphatic rings. The predicted molar refractivity (Wildman–Crippen MR) is 96.7 cm³/mol. The van der Waals surface area contributed by atoms with E-state index in [1.165, 1.54) is 6.07 Å². The standard InChI is InChI=1S/C18H24N2O5S/c1-11(2)17(22)19-7-8-20(15-10-26(24,25)9-14(15)19)18(23)13-5-4-6-16(21)12(13)3/h4-6,11,14-15,21H,7-10H2,1-3H3/t14-,15+/m1/s1. The normalized spacial score (nSPS) is 24.6. The van der Waals surface area contributed by atoms with E-state index in [2.05, 4.69) is 0 Å². The number of aromatic hydroxyl groups is 1. The molecule has 2 amide bonds. The molecule has 2 fully saturated rings. The molecule has 1 aromatic rings. The van der Waals surface area contributed by atoms with Gasteiger partial charge in [-0.1, -0.05) is 19.9 Å². The van der Waals surface area contributed by atoms with Crippen LogP contribution in [0.4, 0.5) is 0 Å². The van der Waals surface area contributed by atoms with E-state index in [4.69, 9.17) is 0 Å². The maximum Gasteiger partial charge on any atom is 0.254 e. The number of nitrogens with zero attached hydrogens (tertiary/aromatic N) is 2. The molecule has 2 saturated heterocycles. The third kappa shape index (κ3) is 3.18. The number of hydrogen-bond acceptors (Lipinski definition) is 5. The van der Waals surface area contributed by atoms with Gasteiger partial charge in [0.15, 0.2) is 9.84 Å². The van der Waals surface area contributed by atoms with E-state index < -0.39 is 21.9 Å². The van der Waals surface area contributed by atoms with Crippen LogP contribution in [0.15, 0.2) is 18.2 Å². The molecule has 0 saturated carbocycles. The topological polar surface area (TPSA) is 95.0 Å². The highest BCUT2D eigenvalue weighted by molar-refractivity contribution is 7.91. The molecule has 2 aliphatic heterocycles. The maximum absolute atomic E-state index is 13.1. The summed E-state index contributed by atoms with van der Waals surface area (Å²) in [5, 5.41) is 9.87. The van der Waals surface area contributed by atoms with Crippen LogP contribution in [0.1, 0.15) is 29.8 Å². The quantitative estimate of drug-likeness (QED) is 0.819. The highest BCUT2D eigenvalue weighted by Gasteiger charge is 2.49. The first-order chi connectivity index (χ1) is 12.1. The Labute approximate surface area is 153 Å². The number of carbonyl (C=O) groups excluding carboxylic acids is 2. The molecule has 0 radical (unpaired) electrons. The molecule has 26 heavy (non-hydrogen) atoms. The van der Waals surface area contributed by atoms with E-state index >= 15 is 0 Å². The van der Waals surface area contributed by atoms with Crippen molar-refractivity contribution >= 4 is 21.7 Å². The van der Waals surface area contributed by atoms with Crippen LogP contribution in [-0.2, 0) is 14.6 Å². The Bertz CT molecular complexity index is 849. The smallest absolute Gasteiger partial charge is 0.254 e. The van der Waals surface area contributed by atoms with E-state index in [1.54, 1.807) is 42.7 Å². The van der Waals surface area contributed by atoms with Crippen LogP contribution in [0.2, 0.25) is 0 Å². The summed E-state index contributed by atoms with van der Waals surface area (Å²) >= 11 is 0. The first-order valence-corrected chi connectivity index (χ1v) is 10.5. The summed E-state index contributed by atoms with van der Waals surface area (Å²) in [6.45, 7) is 5.83. The minimum absolute atomic E-state index is 0.0278. The fourth-order valence-electron chi connectivity index (χ4n) is 3.82. The first kappa shape index (κ1) is 18.7. The largest absolute Gasteiger partial charge is 0.508 e. The van der Waals surface area contributed by atoms with Crippen molar-refractivity contribution in [3.8, 4) is 5.75 Å². The monoisotopic (exact) mass is 380 g/mol. The Balaban J connectivity index is 1.94. The number of carbonyl (C=O) groups is 2. The van der Waals surface area contributed by atoms with Gasteiger partial charge in [0.25, 0.3) is 5.91 Å². The van der Waals surface area contributed by atoms with E-state index in [0.717, 1.165) is 0 Å². The van der Waals surface area contributed by atoms with Gasteiger partial charge in [-0.2, -0.15) is 0 Å². The molecule has 2 heterocycles. The predicted octanol–water partition coefficient (Wildman–Crippen LogP) is 0.807. The van der Waals surface area contributed by atoms with Gasteiger partial charge in [-0.3, -0.25) is 9.59 Å². The molecule has 0 aliphatic carbocycles. The molecule has 1 aromatic carbocycles. The van der Waals surface area contributed by atoms with Gasteiger partial charge >= 0.3 is 0 Å². The lowest BCUT2D eigenvalue weighted by Crippen LogP contribution is -2.62. The number of benzene rings is 1. The Morgan fingerprint density at radius 2 is 1.69 bits per heavy atom. The van der Waals surface area contributed by atoms with Crippen molar-refractivity contribution in [2.45, 2.75) is 32.9 Å². The lowest BCUT2D eigenvalue weighted by atomic mass is 9.99. The van der Waals surface area contributed by atoms with E-state index in [-0.39, 0.29) is 41.5 Å². The van der Waals surface area contributed by atoms with Crippen LogP contribution in [0, 0.1) is 12.8 Å². The number of phenols is 1. The highest BCUT2D eigenvalue weighted by Crippen LogP contribution is 2.30. The van der Waals surface area contributed by atoms with Crippen molar-refractivity contribution in [1.29, 1.82) is 0 Å². The summed E-state index contributed by atoms with van der Waals surface area (Å²) in [6, 6.07) is 3.67. The van der Waals surface area contributed by atoms with Crippen LogP contribution in [0.25, 0.3) is 0 Å². The second-order valence-corrected chi connectivity index (χ2v) is 9.50. The van der Waals surface area contributed by atoms with Crippen LogP contribution in [-0.4, -0.2) is 71.8 Å². The Kier molecular flexibility index (Phi) is 4.72. The lowest BCUT2D eigenvalue weighted by Gasteiger charge is -2.44. The average molecular weight is 380 g/mol. The number of sulfone groups is 1. The summed E-state index contributed by atoms with van der Waals surface area (Å²) in [5.74, 6) is -0.836. The summed E-state index contributed by atoms with van der Waals surface area (Å²) in [7, 11) is -3.33. The van der Waals surface area contributed by atoms with Gasteiger partial charge in [-0.25, -0.2) is 8.42 Å². The van der Waals surface area contributed by atoms with Crippen molar-refractivity contribution in [2.75, 3.05) is 24.6 Å². The molecule has 0 unspecified atom stereocenters. The Morgan fingerprint density at radius 3 is 2.31 bits per heavy atom. The molecule has 0 aromatic heterocycles. The van der Waals surface area contributed by atoms with Crippen molar-refractivity contribution in [1.82, 2.24) is 9.80 Å². The van der Waals surface area contributed by atoms with Gasteiger partial charge in [-0.05, 0) is 19.1 Å². The van der Waals surface area contributed by atoms with Gasteiger partial charge in [0, 0.05) is 30.1 Å². The van der Waals surface area contributed by atoms with E-state index in [1.807, 2.05) is 0 Å². The zero-order valence-electron chi connectivity index (χ0n) is 15.2. The summed E-state index contributed by atoms with van der Waals surface area (Å²) in [4.78, 5) is 28.7. The number of hydrogen-bond donors (Lipinski definition) is 1. The van der Waals surface area contributed by atoms with Crippen LogP contribution < -0.4 is 0 Å². The van der Waals surface area contributed by atoms with Crippen LogP contribution >= 0.6 is 0 Å².